The molecule has 3 atom stereocenters. The number of hydrogen-bond donors (Lipinski definition) is 2. The molecule has 0 spiro atoms. The van der Waals surface area contributed by atoms with Gasteiger partial charge in [0.15, 0.2) is 11.6 Å². The minimum absolute atomic E-state index is 0.0348. The Morgan fingerprint density at radius 3 is 2.23 bits per heavy atom. The summed E-state index contributed by atoms with van der Waals surface area (Å²) >= 11 is 0. The number of ether oxygens (including phenoxy) is 2. The van der Waals surface area contributed by atoms with Crippen LogP contribution in [0.2, 0.25) is 0 Å². The SMILES string of the molecule is O=C1CC(CCNCC(O)C2CC(=O)c3cc(F)ccc3O2)Oc2ccc(F)cc21. The Bertz CT molecular complexity index is 980. The predicted molar refractivity (Wildman–Crippen MR) is 103 cm³/mol. The molecular formula is C22H21F2NO5. The van der Waals surface area contributed by atoms with Crippen LogP contribution in [0.5, 0.6) is 11.5 Å². The summed E-state index contributed by atoms with van der Waals surface area (Å²) in [7, 11) is 0. The van der Waals surface area contributed by atoms with Crippen LogP contribution in [-0.2, 0) is 0 Å². The van der Waals surface area contributed by atoms with Crippen molar-refractivity contribution in [1.82, 2.24) is 5.32 Å². The van der Waals surface area contributed by atoms with Crippen LogP contribution in [0.4, 0.5) is 8.78 Å². The van der Waals surface area contributed by atoms with Crippen molar-refractivity contribution in [2.75, 3.05) is 13.1 Å². The normalized spacial score (nSPS) is 21.3. The first kappa shape index (κ1) is 20.4. The van der Waals surface area contributed by atoms with Gasteiger partial charge < -0.3 is 19.9 Å². The van der Waals surface area contributed by atoms with E-state index in [0.717, 1.165) is 6.07 Å². The number of Topliss-reactive ketones (excluding diaryl/α,β-unsaturated/α-hetero) is 2. The number of hydrogen-bond acceptors (Lipinski definition) is 6. The first-order valence-electron chi connectivity index (χ1n) is 9.78. The van der Waals surface area contributed by atoms with E-state index < -0.39 is 23.8 Å². The molecule has 0 bridgehead atoms. The van der Waals surface area contributed by atoms with Gasteiger partial charge in [-0.05, 0) is 49.4 Å². The summed E-state index contributed by atoms with van der Waals surface area (Å²) in [5.74, 6) is -0.782. The fourth-order valence-electron chi connectivity index (χ4n) is 3.70. The molecule has 0 saturated carbocycles. The van der Waals surface area contributed by atoms with E-state index in [2.05, 4.69) is 5.32 Å². The average molecular weight is 417 g/mol. The molecule has 2 aliphatic rings. The molecule has 0 amide bonds. The minimum atomic E-state index is -0.940. The van der Waals surface area contributed by atoms with Crippen molar-refractivity contribution >= 4 is 11.6 Å². The molecule has 2 aliphatic heterocycles. The van der Waals surface area contributed by atoms with Crippen molar-refractivity contribution in [1.29, 1.82) is 0 Å². The van der Waals surface area contributed by atoms with Gasteiger partial charge in [-0.1, -0.05) is 0 Å². The maximum atomic E-state index is 13.3. The number of carbonyl (C=O) groups excluding carboxylic acids is 2. The molecule has 0 aromatic heterocycles. The van der Waals surface area contributed by atoms with E-state index in [4.69, 9.17) is 9.47 Å². The molecule has 4 rings (SSSR count). The van der Waals surface area contributed by atoms with E-state index in [9.17, 15) is 23.5 Å². The van der Waals surface area contributed by atoms with Crippen molar-refractivity contribution < 1.29 is 33.0 Å². The monoisotopic (exact) mass is 417 g/mol. The molecule has 30 heavy (non-hydrogen) atoms. The summed E-state index contributed by atoms with van der Waals surface area (Å²) in [5, 5.41) is 13.4. The Morgan fingerprint density at radius 2 is 1.57 bits per heavy atom. The molecule has 0 fully saturated rings. The van der Waals surface area contributed by atoms with Crippen LogP contribution in [0.25, 0.3) is 0 Å². The number of nitrogens with one attached hydrogen (secondary N) is 1. The van der Waals surface area contributed by atoms with E-state index in [1.165, 1.54) is 30.3 Å². The standard InChI is InChI=1S/C22H21F2NO5/c23-12-1-3-20-15(7-12)17(26)9-14(29-20)5-6-25-11-19(28)22-10-18(27)16-8-13(24)2-4-21(16)30-22/h1-4,7-8,14,19,22,25,28H,5-6,9-11H2. The maximum absolute atomic E-state index is 13.3. The van der Waals surface area contributed by atoms with Crippen molar-refractivity contribution in [3.63, 3.8) is 0 Å². The highest BCUT2D eigenvalue weighted by Crippen LogP contribution is 2.30. The quantitative estimate of drug-likeness (QED) is 0.703. The molecule has 8 heteroatoms. The highest BCUT2D eigenvalue weighted by molar-refractivity contribution is 6.00. The third kappa shape index (κ3) is 4.34. The number of ketones is 2. The van der Waals surface area contributed by atoms with Gasteiger partial charge in [0.25, 0.3) is 0 Å². The second-order valence-electron chi connectivity index (χ2n) is 7.49. The molecule has 3 unspecified atom stereocenters. The molecule has 0 saturated heterocycles. The van der Waals surface area contributed by atoms with Crippen LogP contribution in [0, 0.1) is 11.6 Å². The smallest absolute Gasteiger partial charge is 0.170 e. The largest absolute Gasteiger partial charge is 0.489 e. The average Bonchev–Trinajstić information content (AvgIpc) is 2.72. The number of carbonyl (C=O) groups is 2. The lowest BCUT2D eigenvalue weighted by Gasteiger charge is -2.29. The van der Waals surface area contributed by atoms with Gasteiger partial charge in [-0.3, -0.25) is 9.59 Å². The van der Waals surface area contributed by atoms with E-state index in [-0.39, 0.29) is 53.9 Å². The molecule has 158 valence electrons. The summed E-state index contributed by atoms with van der Waals surface area (Å²) < 4.78 is 38.0. The number of fused-ring (bicyclic) bond motifs is 2. The number of halogens is 2. The summed E-state index contributed by atoms with van der Waals surface area (Å²) in [5.41, 5.74) is 0.444. The fourth-order valence-corrected chi connectivity index (χ4v) is 3.70. The lowest BCUT2D eigenvalue weighted by Crippen LogP contribution is -2.43. The van der Waals surface area contributed by atoms with Gasteiger partial charge in [0.1, 0.15) is 41.4 Å². The van der Waals surface area contributed by atoms with Crippen LogP contribution in [0.15, 0.2) is 36.4 Å². The first-order valence-corrected chi connectivity index (χ1v) is 9.78. The molecule has 2 aromatic rings. The van der Waals surface area contributed by atoms with Gasteiger partial charge in [-0.25, -0.2) is 8.78 Å². The number of benzene rings is 2. The summed E-state index contributed by atoms with van der Waals surface area (Å²) in [6, 6.07) is 7.61. The predicted octanol–water partition coefficient (Wildman–Crippen LogP) is 2.67. The van der Waals surface area contributed by atoms with Gasteiger partial charge >= 0.3 is 0 Å². The van der Waals surface area contributed by atoms with Crippen LogP contribution in [0.1, 0.15) is 40.0 Å². The second kappa shape index (κ2) is 8.49. The van der Waals surface area contributed by atoms with E-state index in [0.29, 0.717) is 18.7 Å². The van der Waals surface area contributed by atoms with Crippen LogP contribution in [0.3, 0.4) is 0 Å². The Labute approximate surface area is 171 Å². The number of rotatable bonds is 6. The topological polar surface area (TPSA) is 84.9 Å². The molecule has 0 aliphatic carbocycles. The minimum Gasteiger partial charge on any atom is -0.489 e. The van der Waals surface area contributed by atoms with Crippen LogP contribution >= 0.6 is 0 Å². The van der Waals surface area contributed by atoms with Crippen molar-refractivity contribution in [3.05, 3.63) is 59.2 Å². The maximum Gasteiger partial charge on any atom is 0.170 e. The summed E-state index contributed by atoms with van der Waals surface area (Å²) in [6.45, 7) is 0.644. The van der Waals surface area contributed by atoms with Gasteiger partial charge in [0.05, 0.1) is 17.5 Å². The van der Waals surface area contributed by atoms with E-state index >= 15 is 0 Å². The van der Waals surface area contributed by atoms with Crippen LogP contribution in [-0.4, -0.2) is 48.1 Å². The molecule has 2 heterocycles. The third-order valence-electron chi connectivity index (χ3n) is 5.28. The van der Waals surface area contributed by atoms with Gasteiger partial charge in [-0.2, -0.15) is 0 Å². The highest BCUT2D eigenvalue weighted by Gasteiger charge is 2.32. The van der Waals surface area contributed by atoms with Crippen molar-refractivity contribution in [2.24, 2.45) is 0 Å². The van der Waals surface area contributed by atoms with Crippen molar-refractivity contribution in [2.45, 2.75) is 37.6 Å². The third-order valence-corrected chi connectivity index (χ3v) is 5.28. The van der Waals surface area contributed by atoms with E-state index in [1.807, 2.05) is 0 Å². The number of aliphatic hydroxyl groups is 1. The molecular weight excluding hydrogens is 396 g/mol. The van der Waals surface area contributed by atoms with Gasteiger partial charge in [0, 0.05) is 13.0 Å². The zero-order valence-corrected chi connectivity index (χ0v) is 16.1. The van der Waals surface area contributed by atoms with Crippen molar-refractivity contribution in [3.8, 4) is 11.5 Å². The Kier molecular flexibility index (Phi) is 5.78. The van der Waals surface area contributed by atoms with E-state index in [1.54, 1.807) is 0 Å². The summed E-state index contributed by atoms with van der Waals surface area (Å²) in [4.78, 5) is 24.4. The fraction of sp³-hybridized carbons (Fsp3) is 0.364. The lowest BCUT2D eigenvalue weighted by atomic mass is 9.97. The second-order valence-corrected chi connectivity index (χ2v) is 7.49. The van der Waals surface area contributed by atoms with Crippen LogP contribution < -0.4 is 14.8 Å². The molecule has 0 radical (unpaired) electrons. The van der Waals surface area contributed by atoms with Gasteiger partial charge in [0.2, 0.25) is 0 Å². The molecule has 6 nitrogen and oxygen atoms in total. The Morgan fingerprint density at radius 1 is 0.967 bits per heavy atom. The zero-order chi connectivity index (χ0) is 21.3. The van der Waals surface area contributed by atoms with Gasteiger partial charge in [-0.15, -0.1) is 0 Å². The highest BCUT2D eigenvalue weighted by atomic mass is 19.1. The Hall–Kier alpha value is -2.84. The Balaban J connectivity index is 1.25. The summed E-state index contributed by atoms with van der Waals surface area (Å²) in [6.07, 6.45) is -1.36. The molecule has 2 aromatic carbocycles. The number of aliphatic hydroxyl groups excluding tert-OH is 1. The lowest BCUT2D eigenvalue weighted by molar-refractivity contribution is 0.0239. The zero-order valence-electron chi connectivity index (χ0n) is 16.1. The molecule has 2 N–H and O–H groups in total. The first-order chi connectivity index (χ1) is 14.4.